The molecule has 0 fully saturated rings. The Morgan fingerprint density at radius 3 is 2.68 bits per heavy atom. The fraction of sp³-hybridized carbons (Fsp3) is 0.214. The summed E-state index contributed by atoms with van der Waals surface area (Å²) in [5.41, 5.74) is -0.0781. The van der Waals surface area contributed by atoms with Crippen LogP contribution in [-0.4, -0.2) is 35.9 Å². The van der Waals surface area contributed by atoms with Crippen LogP contribution in [0, 0.1) is 6.92 Å². The van der Waals surface area contributed by atoms with E-state index in [4.69, 9.17) is 0 Å². The Hall–Kier alpha value is -3.24. The van der Waals surface area contributed by atoms with Crippen LogP contribution in [0.5, 0.6) is 0 Å². The van der Waals surface area contributed by atoms with Gasteiger partial charge in [-0.2, -0.15) is 18.3 Å². The monoisotopic (exact) mass is 351 g/mol. The van der Waals surface area contributed by atoms with Gasteiger partial charge in [-0.3, -0.25) is 9.48 Å². The minimum absolute atomic E-state index is 0.304. The van der Waals surface area contributed by atoms with Crippen molar-refractivity contribution in [2.45, 2.75) is 13.1 Å². The fourth-order valence-corrected chi connectivity index (χ4v) is 2.27. The molecule has 0 aliphatic heterocycles. The lowest BCUT2D eigenvalue weighted by molar-refractivity contribution is -0.141. The zero-order valence-electron chi connectivity index (χ0n) is 13.1. The molecule has 0 saturated carbocycles. The Labute approximate surface area is 139 Å². The topological polar surface area (TPSA) is 90.5 Å². The number of hydrogen-bond acceptors (Lipinski definition) is 5. The van der Waals surface area contributed by atoms with E-state index in [1.807, 2.05) is 6.92 Å². The van der Waals surface area contributed by atoms with Gasteiger partial charge < -0.3 is 5.32 Å². The van der Waals surface area contributed by atoms with Crippen molar-refractivity contribution in [1.29, 1.82) is 0 Å². The van der Waals surface area contributed by atoms with Crippen LogP contribution in [0.3, 0.4) is 0 Å². The van der Waals surface area contributed by atoms with Gasteiger partial charge in [0.15, 0.2) is 5.69 Å². The molecule has 0 saturated heterocycles. The van der Waals surface area contributed by atoms with E-state index in [1.54, 1.807) is 18.2 Å². The van der Waals surface area contributed by atoms with Crippen molar-refractivity contribution < 1.29 is 18.0 Å². The average molecular weight is 351 g/mol. The first kappa shape index (κ1) is 16.6. The van der Waals surface area contributed by atoms with Gasteiger partial charge in [0.1, 0.15) is 6.33 Å². The second kappa shape index (κ2) is 6.00. The Morgan fingerprint density at radius 2 is 2.04 bits per heavy atom. The van der Waals surface area contributed by atoms with Crippen LogP contribution in [-0.2, 0) is 13.2 Å². The molecule has 1 N–H and O–H groups in total. The highest BCUT2D eigenvalue weighted by atomic mass is 19.4. The lowest BCUT2D eigenvalue weighted by Gasteiger charge is -2.10. The van der Waals surface area contributed by atoms with E-state index in [1.165, 1.54) is 18.1 Å². The summed E-state index contributed by atoms with van der Waals surface area (Å²) in [5, 5.41) is 16.6. The molecule has 2 heterocycles. The predicted molar refractivity (Wildman–Crippen MR) is 80.1 cm³/mol. The van der Waals surface area contributed by atoms with Gasteiger partial charge in [-0.1, -0.05) is 6.07 Å². The van der Waals surface area contributed by atoms with E-state index in [0.717, 1.165) is 16.4 Å². The van der Waals surface area contributed by atoms with Crippen LogP contribution in [0.25, 0.3) is 5.69 Å². The van der Waals surface area contributed by atoms with Crippen molar-refractivity contribution in [2.24, 2.45) is 7.05 Å². The quantitative estimate of drug-likeness (QED) is 0.779. The molecule has 11 heteroatoms. The molecule has 0 spiro atoms. The number of tetrazole rings is 1. The second-order valence-electron chi connectivity index (χ2n) is 5.27. The number of carbonyl (C=O) groups excluding carboxylic acids is 1. The summed E-state index contributed by atoms with van der Waals surface area (Å²) in [4.78, 5) is 12.3. The first-order valence-corrected chi connectivity index (χ1v) is 7.02. The lowest BCUT2D eigenvalue weighted by atomic mass is 10.1. The zero-order valence-corrected chi connectivity index (χ0v) is 13.1. The summed E-state index contributed by atoms with van der Waals surface area (Å²) in [6, 6.07) is 4.83. The SMILES string of the molecule is Cc1ccc(NC(=O)c2cn(C)nc2C(F)(F)F)cc1-n1cnnn1. The van der Waals surface area contributed by atoms with Crippen LogP contribution < -0.4 is 5.32 Å². The van der Waals surface area contributed by atoms with Crippen LogP contribution in [0.2, 0.25) is 0 Å². The van der Waals surface area contributed by atoms with Gasteiger partial charge in [0, 0.05) is 18.9 Å². The molecule has 8 nitrogen and oxygen atoms in total. The van der Waals surface area contributed by atoms with E-state index < -0.39 is 23.3 Å². The Kier molecular flexibility index (Phi) is 3.99. The number of amides is 1. The summed E-state index contributed by atoms with van der Waals surface area (Å²) in [5.74, 6) is -0.910. The third kappa shape index (κ3) is 3.34. The smallest absolute Gasteiger partial charge is 0.322 e. The van der Waals surface area contributed by atoms with Crippen LogP contribution in [0.15, 0.2) is 30.7 Å². The molecule has 130 valence electrons. The maximum Gasteiger partial charge on any atom is 0.435 e. The Balaban J connectivity index is 1.91. The molecule has 2 aromatic heterocycles. The summed E-state index contributed by atoms with van der Waals surface area (Å²) in [7, 11) is 1.31. The average Bonchev–Trinajstić information content (AvgIpc) is 3.18. The highest BCUT2D eigenvalue weighted by Crippen LogP contribution is 2.31. The third-order valence-electron chi connectivity index (χ3n) is 3.40. The number of halogens is 3. The van der Waals surface area contributed by atoms with E-state index in [2.05, 4.69) is 25.9 Å². The lowest BCUT2D eigenvalue weighted by Crippen LogP contribution is -2.18. The number of aryl methyl sites for hydroxylation is 2. The molecule has 3 aromatic rings. The fourth-order valence-electron chi connectivity index (χ4n) is 2.27. The minimum Gasteiger partial charge on any atom is -0.322 e. The van der Waals surface area contributed by atoms with Gasteiger partial charge in [0.2, 0.25) is 0 Å². The molecule has 0 aliphatic rings. The molecule has 0 bridgehead atoms. The summed E-state index contributed by atoms with van der Waals surface area (Å²) in [6.07, 6.45) is -2.33. The number of rotatable bonds is 3. The van der Waals surface area contributed by atoms with Crippen molar-refractivity contribution >= 4 is 11.6 Å². The van der Waals surface area contributed by atoms with Crippen LogP contribution in [0.4, 0.5) is 18.9 Å². The number of carbonyl (C=O) groups is 1. The molecule has 0 aliphatic carbocycles. The molecular formula is C14H12F3N7O. The maximum atomic E-state index is 13.0. The van der Waals surface area contributed by atoms with E-state index in [9.17, 15) is 18.0 Å². The van der Waals surface area contributed by atoms with Crippen LogP contribution >= 0.6 is 0 Å². The van der Waals surface area contributed by atoms with E-state index >= 15 is 0 Å². The number of alkyl halides is 3. The standard InChI is InChI=1S/C14H12F3N7O/c1-8-3-4-9(5-11(8)24-7-18-21-22-24)19-13(25)10-6-23(2)20-12(10)14(15,16)17/h3-7H,1-2H3,(H,19,25). The highest BCUT2D eigenvalue weighted by molar-refractivity contribution is 6.05. The van der Waals surface area contributed by atoms with Gasteiger partial charge in [-0.15, -0.1) is 5.10 Å². The Morgan fingerprint density at radius 1 is 1.28 bits per heavy atom. The van der Waals surface area contributed by atoms with Gasteiger partial charge in [-0.25, -0.2) is 4.68 Å². The number of benzene rings is 1. The normalized spacial score (nSPS) is 11.6. The minimum atomic E-state index is -4.72. The van der Waals surface area contributed by atoms with Gasteiger partial charge in [-0.05, 0) is 35.0 Å². The third-order valence-corrected chi connectivity index (χ3v) is 3.40. The number of aromatic nitrogens is 6. The number of hydrogen-bond donors (Lipinski definition) is 1. The van der Waals surface area contributed by atoms with Crippen molar-refractivity contribution in [1.82, 2.24) is 30.0 Å². The van der Waals surface area contributed by atoms with Crippen LogP contribution in [0.1, 0.15) is 21.6 Å². The van der Waals surface area contributed by atoms with Gasteiger partial charge >= 0.3 is 6.18 Å². The molecule has 0 unspecified atom stereocenters. The predicted octanol–water partition coefficient (Wildman–Crippen LogP) is 1.98. The van der Waals surface area contributed by atoms with E-state index in [-0.39, 0.29) is 0 Å². The molecule has 25 heavy (non-hydrogen) atoms. The first-order chi connectivity index (χ1) is 11.8. The second-order valence-corrected chi connectivity index (χ2v) is 5.27. The van der Waals surface area contributed by atoms with Crippen molar-refractivity contribution in [3.8, 4) is 5.69 Å². The molecular weight excluding hydrogens is 339 g/mol. The van der Waals surface area contributed by atoms with E-state index in [0.29, 0.717) is 11.4 Å². The number of nitrogens with zero attached hydrogens (tertiary/aromatic N) is 6. The maximum absolute atomic E-state index is 13.0. The highest BCUT2D eigenvalue weighted by Gasteiger charge is 2.39. The Bertz CT molecular complexity index is 915. The summed E-state index contributed by atoms with van der Waals surface area (Å²) < 4.78 is 41.3. The molecule has 1 aromatic carbocycles. The molecule has 1 amide bonds. The summed E-state index contributed by atoms with van der Waals surface area (Å²) in [6.45, 7) is 1.81. The van der Waals surface area contributed by atoms with Gasteiger partial charge in [0.05, 0.1) is 11.3 Å². The van der Waals surface area contributed by atoms with Crippen molar-refractivity contribution in [2.75, 3.05) is 5.32 Å². The zero-order chi connectivity index (χ0) is 18.2. The number of anilines is 1. The summed E-state index contributed by atoms with van der Waals surface area (Å²) >= 11 is 0. The van der Waals surface area contributed by atoms with Crippen molar-refractivity contribution in [3.05, 3.63) is 47.5 Å². The first-order valence-electron chi connectivity index (χ1n) is 7.02. The van der Waals surface area contributed by atoms with Crippen molar-refractivity contribution in [3.63, 3.8) is 0 Å². The van der Waals surface area contributed by atoms with Gasteiger partial charge in [0.25, 0.3) is 5.91 Å². The molecule has 3 rings (SSSR count). The number of nitrogens with one attached hydrogen (secondary N) is 1. The molecule has 0 atom stereocenters. The largest absolute Gasteiger partial charge is 0.435 e. The molecule has 0 radical (unpaired) electrons.